The van der Waals surface area contributed by atoms with Gasteiger partial charge in [0.2, 0.25) is 0 Å². The quantitative estimate of drug-likeness (QED) is 0.914. The van der Waals surface area contributed by atoms with Gasteiger partial charge in [0.05, 0.1) is 6.42 Å². The van der Waals surface area contributed by atoms with Crippen molar-refractivity contribution in [3.05, 3.63) is 33.8 Å². The highest BCUT2D eigenvalue weighted by molar-refractivity contribution is 9.10. The van der Waals surface area contributed by atoms with Gasteiger partial charge in [0.25, 0.3) is 0 Å². The number of aliphatic carboxylic acids is 1. The van der Waals surface area contributed by atoms with Gasteiger partial charge in [0.1, 0.15) is 0 Å². The minimum absolute atomic E-state index is 0.198. The van der Waals surface area contributed by atoms with Gasteiger partial charge in [-0.25, -0.2) is 0 Å². The summed E-state index contributed by atoms with van der Waals surface area (Å²) < 4.78 is 1.08. The van der Waals surface area contributed by atoms with Crippen LogP contribution in [0.15, 0.2) is 22.7 Å². The Morgan fingerprint density at radius 2 is 2.25 bits per heavy atom. The van der Waals surface area contributed by atoms with Gasteiger partial charge in [-0.3, -0.25) is 4.79 Å². The maximum absolute atomic E-state index is 10.9. The van der Waals surface area contributed by atoms with E-state index in [-0.39, 0.29) is 12.3 Å². The molecule has 1 aliphatic carbocycles. The number of aryl methyl sites for hydroxylation is 1. The molecule has 0 aromatic heterocycles. The van der Waals surface area contributed by atoms with Gasteiger partial charge < -0.3 is 5.11 Å². The minimum atomic E-state index is -0.697. The van der Waals surface area contributed by atoms with E-state index in [1.165, 1.54) is 24.0 Å². The molecule has 1 aliphatic rings. The first-order valence-corrected chi connectivity index (χ1v) is 6.35. The molecule has 0 spiro atoms. The van der Waals surface area contributed by atoms with Crippen LogP contribution in [0.1, 0.15) is 36.3 Å². The van der Waals surface area contributed by atoms with Crippen molar-refractivity contribution in [3.8, 4) is 0 Å². The lowest BCUT2D eigenvalue weighted by molar-refractivity contribution is -0.137. The fourth-order valence-corrected chi connectivity index (χ4v) is 2.39. The van der Waals surface area contributed by atoms with Crippen LogP contribution in [0.5, 0.6) is 0 Å². The third-order valence-corrected chi connectivity index (χ3v) is 4.09. The average molecular weight is 283 g/mol. The summed E-state index contributed by atoms with van der Waals surface area (Å²) >= 11 is 3.47. The Labute approximate surface area is 104 Å². The van der Waals surface area contributed by atoms with Gasteiger partial charge in [-0.1, -0.05) is 28.1 Å². The molecule has 1 fully saturated rings. The molecule has 0 bridgehead atoms. The zero-order valence-electron chi connectivity index (χ0n) is 9.24. The number of carboxylic acids is 1. The van der Waals surface area contributed by atoms with Crippen LogP contribution in [0.25, 0.3) is 0 Å². The van der Waals surface area contributed by atoms with Crippen molar-refractivity contribution >= 4 is 21.9 Å². The maximum atomic E-state index is 10.9. The molecule has 86 valence electrons. The van der Waals surface area contributed by atoms with E-state index in [0.29, 0.717) is 5.92 Å². The molecule has 0 saturated heterocycles. The van der Waals surface area contributed by atoms with Crippen LogP contribution in [0.2, 0.25) is 0 Å². The molecule has 1 aromatic carbocycles. The molecule has 1 atom stereocenters. The molecule has 2 nitrogen and oxygen atoms in total. The first-order valence-electron chi connectivity index (χ1n) is 5.56. The monoisotopic (exact) mass is 282 g/mol. The summed E-state index contributed by atoms with van der Waals surface area (Å²) in [5.41, 5.74) is 2.35. The lowest BCUT2D eigenvalue weighted by atomic mass is 9.90. The molecule has 1 unspecified atom stereocenters. The Kier molecular flexibility index (Phi) is 3.33. The smallest absolute Gasteiger partial charge is 0.303 e. The van der Waals surface area contributed by atoms with E-state index < -0.39 is 5.97 Å². The molecule has 0 radical (unpaired) electrons. The number of carbonyl (C=O) groups is 1. The largest absolute Gasteiger partial charge is 0.481 e. The van der Waals surface area contributed by atoms with Crippen molar-refractivity contribution in [1.29, 1.82) is 0 Å². The zero-order valence-corrected chi connectivity index (χ0v) is 10.8. The molecular formula is C13H15BrO2. The van der Waals surface area contributed by atoms with Crippen LogP contribution >= 0.6 is 15.9 Å². The molecule has 0 amide bonds. The molecule has 1 aromatic rings. The summed E-state index contributed by atoms with van der Waals surface area (Å²) in [6.45, 7) is 2.04. The van der Waals surface area contributed by atoms with E-state index >= 15 is 0 Å². The average Bonchev–Trinajstić information content (AvgIpc) is 3.02. The van der Waals surface area contributed by atoms with Crippen molar-refractivity contribution in [2.45, 2.75) is 32.1 Å². The van der Waals surface area contributed by atoms with Crippen molar-refractivity contribution in [1.82, 2.24) is 0 Å². The molecule has 0 aliphatic heterocycles. The van der Waals surface area contributed by atoms with E-state index in [0.717, 1.165) is 4.47 Å². The first-order chi connectivity index (χ1) is 7.58. The number of rotatable bonds is 4. The summed E-state index contributed by atoms with van der Waals surface area (Å²) in [6.07, 6.45) is 2.60. The van der Waals surface area contributed by atoms with Gasteiger partial charge in [0.15, 0.2) is 0 Å². The lowest BCUT2D eigenvalue weighted by Gasteiger charge is -2.15. The van der Waals surface area contributed by atoms with E-state index in [4.69, 9.17) is 5.11 Å². The van der Waals surface area contributed by atoms with Crippen molar-refractivity contribution in [2.24, 2.45) is 5.92 Å². The Hall–Kier alpha value is -0.830. The Morgan fingerprint density at radius 1 is 1.56 bits per heavy atom. The lowest BCUT2D eigenvalue weighted by Crippen LogP contribution is -2.08. The normalized spacial score (nSPS) is 17.1. The predicted octanol–water partition coefficient (Wildman–Crippen LogP) is 3.73. The van der Waals surface area contributed by atoms with Crippen LogP contribution in [0.4, 0.5) is 0 Å². The summed E-state index contributed by atoms with van der Waals surface area (Å²) in [4.78, 5) is 10.9. The zero-order chi connectivity index (χ0) is 11.7. The van der Waals surface area contributed by atoms with Gasteiger partial charge in [-0.15, -0.1) is 0 Å². The van der Waals surface area contributed by atoms with Crippen LogP contribution in [0, 0.1) is 12.8 Å². The van der Waals surface area contributed by atoms with Gasteiger partial charge in [-0.05, 0) is 48.8 Å². The highest BCUT2D eigenvalue weighted by atomic mass is 79.9. The second kappa shape index (κ2) is 4.58. The Balaban J connectivity index is 2.24. The van der Waals surface area contributed by atoms with E-state index in [9.17, 15) is 4.79 Å². The van der Waals surface area contributed by atoms with Crippen LogP contribution < -0.4 is 0 Å². The topological polar surface area (TPSA) is 37.3 Å². The number of hydrogen-bond acceptors (Lipinski definition) is 1. The fraction of sp³-hybridized carbons (Fsp3) is 0.462. The number of benzene rings is 1. The Bertz CT molecular complexity index is 410. The second-order valence-corrected chi connectivity index (χ2v) is 5.40. The van der Waals surface area contributed by atoms with Crippen molar-refractivity contribution < 1.29 is 9.90 Å². The van der Waals surface area contributed by atoms with E-state index in [2.05, 4.69) is 22.0 Å². The fourth-order valence-electron chi connectivity index (χ4n) is 2.14. The highest BCUT2D eigenvalue weighted by Crippen LogP contribution is 2.44. The molecular weight excluding hydrogens is 268 g/mol. The summed E-state index contributed by atoms with van der Waals surface area (Å²) in [5.74, 6) is 0.0819. The van der Waals surface area contributed by atoms with Crippen LogP contribution in [-0.4, -0.2) is 11.1 Å². The molecule has 16 heavy (non-hydrogen) atoms. The van der Waals surface area contributed by atoms with Crippen LogP contribution in [0.3, 0.4) is 0 Å². The molecule has 2 rings (SSSR count). The second-order valence-electron chi connectivity index (χ2n) is 4.55. The molecule has 1 saturated carbocycles. The van der Waals surface area contributed by atoms with Crippen molar-refractivity contribution in [3.63, 3.8) is 0 Å². The third-order valence-electron chi connectivity index (χ3n) is 3.20. The molecule has 0 heterocycles. The summed E-state index contributed by atoms with van der Waals surface area (Å²) in [6, 6.07) is 6.17. The summed E-state index contributed by atoms with van der Waals surface area (Å²) in [5, 5.41) is 8.94. The molecule has 3 heteroatoms. The number of halogens is 1. The van der Waals surface area contributed by atoms with Gasteiger partial charge >= 0.3 is 5.97 Å². The van der Waals surface area contributed by atoms with E-state index in [1.807, 2.05) is 19.1 Å². The maximum Gasteiger partial charge on any atom is 0.303 e. The summed E-state index contributed by atoms with van der Waals surface area (Å²) in [7, 11) is 0. The van der Waals surface area contributed by atoms with Gasteiger partial charge in [-0.2, -0.15) is 0 Å². The predicted molar refractivity (Wildman–Crippen MR) is 66.6 cm³/mol. The third kappa shape index (κ3) is 2.64. The standard InChI is InChI=1S/C13H15BrO2/c1-8-6-10(4-5-12(8)14)11(7-13(15)16)9-2-3-9/h4-6,9,11H,2-3,7H2,1H3,(H,15,16). The first kappa shape index (κ1) is 11.6. The number of carboxylic acid groups (broad SMARTS) is 1. The van der Waals surface area contributed by atoms with E-state index in [1.54, 1.807) is 0 Å². The Morgan fingerprint density at radius 3 is 2.75 bits per heavy atom. The number of hydrogen-bond donors (Lipinski definition) is 1. The van der Waals surface area contributed by atoms with Crippen LogP contribution in [-0.2, 0) is 4.79 Å². The minimum Gasteiger partial charge on any atom is -0.481 e. The van der Waals surface area contributed by atoms with Crippen molar-refractivity contribution in [2.75, 3.05) is 0 Å². The molecule has 1 N–H and O–H groups in total. The SMILES string of the molecule is Cc1cc(C(CC(=O)O)C2CC2)ccc1Br. The highest BCUT2D eigenvalue weighted by Gasteiger charge is 2.33. The van der Waals surface area contributed by atoms with Gasteiger partial charge in [0, 0.05) is 4.47 Å².